The highest BCUT2D eigenvalue weighted by atomic mass is 32.3. The van der Waals surface area contributed by atoms with Gasteiger partial charge in [0.25, 0.3) is 0 Å². The molecule has 8 nitrogen and oxygen atoms in total. The zero-order valence-electron chi connectivity index (χ0n) is 6.65. The van der Waals surface area contributed by atoms with E-state index in [0.717, 1.165) is 0 Å². The zero-order chi connectivity index (χ0) is 10.4. The van der Waals surface area contributed by atoms with Gasteiger partial charge in [-0.1, -0.05) is 0 Å². The molecule has 2 saturated heterocycles. The van der Waals surface area contributed by atoms with Crippen molar-refractivity contribution in [3.63, 3.8) is 0 Å². The second-order valence-corrected chi connectivity index (χ2v) is 5.14. The van der Waals surface area contributed by atoms with E-state index in [2.05, 4.69) is 16.7 Å². The van der Waals surface area contributed by atoms with Crippen molar-refractivity contribution in [2.24, 2.45) is 0 Å². The van der Waals surface area contributed by atoms with E-state index in [1.165, 1.54) is 0 Å². The summed E-state index contributed by atoms with van der Waals surface area (Å²) in [6.07, 6.45) is -1.95. The van der Waals surface area contributed by atoms with Crippen LogP contribution in [0.4, 0.5) is 0 Å². The third-order valence-corrected chi connectivity index (χ3v) is 3.47. The van der Waals surface area contributed by atoms with E-state index in [1.54, 1.807) is 0 Å². The van der Waals surface area contributed by atoms with Crippen molar-refractivity contribution in [1.29, 1.82) is 0 Å². The SMILES string of the molecule is O=S1(=O)OC[C@@H]([C@H]2COS(=O)(=O)O2)O1. The highest BCUT2D eigenvalue weighted by Crippen LogP contribution is 2.23. The van der Waals surface area contributed by atoms with Gasteiger partial charge < -0.3 is 0 Å². The Morgan fingerprint density at radius 3 is 1.36 bits per heavy atom. The lowest BCUT2D eigenvalue weighted by Gasteiger charge is -2.08. The summed E-state index contributed by atoms with van der Waals surface area (Å²) in [6, 6.07) is 0. The molecule has 0 aliphatic carbocycles. The first kappa shape index (κ1) is 10.3. The van der Waals surface area contributed by atoms with Gasteiger partial charge >= 0.3 is 20.8 Å². The molecule has 0 aromatic rings. The van der Waals surface area contributed by atoms with E-state index >= 15 is 0 Å². The average molecular weight is 246 g/mol. The fourth-order valence-electron chi connectivity index (χ4n) is 1.05. The van der Waals surface area contributed by atoms with Crippen LogP contribution in [0.15, 0.2) is 0 Å². The molecule has 2 aliphatic heterocycles. The first-order chi connectivity index (χ1) is 6.38. The van der Waals surface area contributed by atoms with Crippen molar-refractivity contribution < 1.29 is 33.6 Å². The van der Waals surface area contributed by atoms with Crippen LogP contribution in [0.1, 0.15) is 0 Å². The molecule has 10 heteroatoms. The first-order valence-corrected chi connectivity index (χ1v) is 6.20. The zero-order valence-corrected chi connectivity index (χ0v) is 8.28. The Morgan fingerprint density at radius 1 is 0.786 bits per heavy atom. The molecule has 0 N–H and O–H groups in total. The van der Waals surface area contributed by atoms with Gasteiger partial charge in [-0.05, 0) is 0 Å². The van der Waals surface area contributed by atoms with Crippen LogP contribution in [0.25, 0.3) is 0 Å². The van der Waals surface area contributed by atoms with Gasteiger partial charge in [0.05, 0.1) is 13.2 Å². The second kappa shape index (κ2) is 3.12. The van der Waals surface area contributed by atoms with Gasteiger partial charge in [-0.2, -0.15) is 16.8 Å². The van der Waals surface area contributed by atoms with Crippen LogP contribution in [-0.4, -0.2) is 42.3 Å². The van der Waals surface area contributed by atoms with Crippen molar-refractivity contribution in [2.75, 3.05) is 13.2 Å². The van der Waals surface area contributed by atoms with E-state index in [-0.39, 0.29) is 13.2 Å². The molecule has 0 spiro atoms. The lowest BCUT2D eigenvalue weighted by molar-refractivity contribution is 0.0847. The van der Waals surface area contributed by atoms with Crippen LogP contribution in [-0.2, 0) is 37.5 Å². The fourth-order valence-corrected chi connectivity index (χ4v) is 2.73. The maximum atomic E-state index is 10.7. The monoisotopic (exact) mass is 246 g/mol. The maximum Gasteiger partial charge on any atom is 0.400 e. The smallest absolute Gasteiger partial charge is 0.245 e. The summed E-state index contributed by atoms with van der Waals surface area (Å²) in [6.45, 7) is -0.544. The molecule has 2 atom stereocenters. The van der Waals surface area contributed by atoms with Gasteiger partial charge in [-0.3, -0.25) is 0 Å². The van der Waals surface area contributed by atoms with Gasteiger partial charge in [0.15, 0.2) is 0 Å². The molecule has 0 unspecified atom stereocenters. The van der Waals surface area contributed by atoms with E-state index in [4.69, 9.17) is 0 Å². The fraction of sp³-hybridized carbons (Fsp3) is 1.00. The van der Waals surface area contributed by atoms with Gasteiger partial charge in [0, 0.05) is 0 Å². The molecule has 0 aromatic carbocycles. The van der Waals surface area contributed by atoms with Crippen molar-refractivity contribution in [3.05, 3.63) is 0 Å². The minimum atomic E-state index is -4.00. The Morgan fingerprint density at radius 2 is 1.14 bits per heavy atom. The van der Waals surface area contributed by atoms with E-state index in [1.807, 2.05) is 0 Å². The van der Waals surface area contributed by atoms with Crippen molar-refractivity contribution in [1.82, 2.24) is 0 Å². The van der Waals surface area contributed by atoms with E-state index in [0.29, 0.717) is 0 Å². The number of hydrogen-bond donors (Lipinski definition) is 0. The molecular formula is C4H6O8S2. The van der Waals surface area contributed by atoms with Crippen LogP contribution < -0.4 is 0 Å². The molecule has 2 aliphatic rings. The summed E-state index contributed by atoms with van der Waals surface area (Å²) in [5, 5.41) is 0. The van der Waals surface area contributed by atoms with E-state index in [9.17, 15) is 16.8 Å². The highest BCUT2D eigenvalue weighted by molar-refractivity contribution is 7.82. The summed E-state index contributed by atoms with van der Waals surface area (Å²) >= 11 is 0. The Hall–Kier alpha value is -0.260. The molecule has 2 rings (SSSR count). The predicted molar refractivity (Wildman–Crippen MR) is 39.5 cm³/mol. The summed E-state index contributed by atoms with van der Waals surface area (Å²) < 4.78 is 60.0. The Labute approximate surface area is 80.4 Å². The Balaban J connectivity index is 2.06. The molecule has 0 amide bonds. The van der Waals surface area contributed by atoms with Crippen LogP contribution in [0.2, 0.25) is 0 Å². The van der Waals surface area contributed by atoms with E-state index < -0.39 is 33.0 Å². The van der Waals surface area contributed by atoms with Gasteiger partial charge in [0.1, 0.15) is 12.2 Å². The minimum Gasteiger partial charge on any atom is -0.245 e. The number of hydrogen-bond acceptors (Lipinski definition) is 8. The average Bonchev–Trinajstić information content (AvgIpc) is 2.54. The van der Waals surface area contributed by atoms with Crippen molar-refractivity contribution in [3.8, 4) is 0 Å². The Bertz CT molecular complexity index is 378. The quantitative estimate of drug-likeness (QED) is 0.539. The standard InChI is InChI=1S/C4H6O8S2/c5-13(6)9-1-3(11-13)4-2-10-14(7,8)12-4/h3-4H,1-2H2/t3-,4+. The molecule has 2 fully saturated rings. The summed E-state index contributed by atoms with van der Waals surface area (Å²) in [4.78, 5) is 0. The normalized spacial score (nSPS) is 40.0. The topological polar surface area (TPSA) is 105 Å². The lowest BCUT2D eigenvalue weighted by atomic mass is 10.2. The molecule has 0 bridgehead atoms. The van der Waals surface area contributed by atoms with Crippen LogP contribution >= 0.6 is 0 Å². The largest absolute Gasteiger partial charge is 0.400 e. The Kier molecular flexibility index (Phi) is 2.28. The molecule has 0 aromatic heterocycles. The first-order valence-electron chi connectivity index (χ1n) is 3.53. The molecular weight excluding hydrogens is 240 g/mol. The maximum absolute atomic E-state index is 10.7. The van der Waals surface area contributed by atoms with Crippen molar-refractivity contribution in [2.45, 2.75) is 12.2 Å². The summed E-state index contributed by atoms with van der Waals surface area (Å²) in [7, 11) is -8.00. The van der Waals surface area contributed by atoms with Crippen LogP contribution in [0.3, 0.4) is 0 Å². The molecule has 82 valence electrons. The highest BCUT2D eigenvalue weighted by Gasteiger charge is 2.43. The molecule has 0 radical (unpaired) electrons. The van der Waals surface area contributed by atoms with Crippen molar-refractivity contribution >= 4 is 20.8 Å². The second-order valence-electron chi connectivity index (χ2n) is 2.65. The third kappa shape index (κ3) is 2.04. The minimum absolute atomic E-state index is 0.272. The number of rotatable bonds is 1. The van der Waals surface area contributed by atoms with Gasteiger partial charge in [0.2, 0.25) is 0 Å². The van der Waals surface area contributed by atoms with Crippen LogP contribution in [0.5, 0.6) is 0 Å². The summed E-state index contributed by atoms with van der Waals surface area (Å²) in [5.74, 6) is 0. The van der Waals surface area contributed by atoms with Gasteiger partial charge in [-0.25, -0.2) is 16.7 Å². The van der Waals surface area contributed by atoms with Gasteiger partial charge in [-0.15, -0.1) is 0 Å². The third-order valence-electron chi connectivity index (χ3n) is 1.65. The lowest BCUT2D eigenvalue weighted by Crippen LogP contribution is -2.30. The molecule has 2 heterocycles. The summed E-state index contributed by atoms with van der Waals surface area (Å²) in [5.41, 5.74) is 0. The molecule has 0 saturated carbocycles. The van der Waals surface area contributed by atoms with Crippen LogP contribution in [0, 0.1) is 0 Å². The predicted octanol–water partition coefficient (Wildman–Crippen LogP) is -1.69. The molecule has 14 heavy (non-hydrogen) atoms.